The molecule has 0 saturated carbocycles. The van der Waals surface area contributed by atoms with Crippen molar-refractivity contribution in [3.63, 3.8) is 0 Å². The molecule has 0 spiro atoms. The first kappa shape index (κ1) is 33.5. The number of hydrogen-bond acceptors (Lipinski definition) is 5. The lowest BCUT2D eigenvalue weighted by Crippen LogP contribution is -2.60. The van der Waals surface area contributed by atoms with Gasteiger partial charge in [0, 0.05) is 13.0 Å². The minimum atomic E-state index is -0.921. The van der Waals surface area contributed by atoms with E-state index in [-0.39, 0.29) is 23.7 Å². The molecule has 2 aromatic rings. The Morgan fingerprint density at radius 3 is 1.56 bits per heavy atom. The Balaban J connectivity index is 2.14. The Labute approximate surface area is 244 Å². The van der Waals surface area contributed by atoms with Gasteiger partial charge in [0.2, 0.25) is 23.6 Å². The number of nitrogens with one attached hydrogen (secondary N) is 4. The molecule has 9 nitrogen and oxygen atoms in total. The van der Waals surface area contributed by atoms with Gasteiger partial charge < -0.3 is 27.0 Å². The molecule has 0 aliphatic heterocycles. The molecule has 6 N–H and O–H groups in total. The van der Waals surface area contributed by atoms with E-state index in [0.29, 0.717) is 19.4 Å². The molecule has 41 heavy (non-hydrogen) atoms. The summed E-state index contributed by atoms with van der Waals surface area (Å²) in [7, 11) is 0. The lowest BCUT2D eigenvalue weighted by molar-refractivity contribution is -0.135. The van der Waals surface area contributed by atoms with Gasteiger partial charge in [-0.2, -0.15) is 0 Å². The van der Waals surface area contributed by atoms with Gasteiger partial charge in [0.15, 0.2) is 0 Å². The second-order valence-corrected chi connectivity index (χ2v) is 11.5. The highest BCUT2D eigenvalue weighted by molar-refractivity contribution is 5.95. The van der Waals surface area contributed by atoms with E-state index in [1.165, 1.54) is 0 Å². The van der Waals surface area contributed by atoms with Crippen LogP contribution in [-0.2, 0) is 32.0 Å². The Bertz CT molecular complexity index is 1120. The molecule has 2 aromatic carbocycles. The third-order valence-corrected chi connectivity index (χ3v) is 6.99. The molecule has 0 radical (unpaired) electrons. The first-order valence-electron chi connectivity index (χ1n) is 14.4. The Morgan fingerprint density at radius 1 is 0.610 bits per heavy atom. The van der Waals surface area contributed by atoms with Crippen LogP contribution >= 0.6 is 0 Å². The van der Waals surface area contributed by atoms with E-state index in [4.69, 9.17) is 5.73 Å². The molecular formula is C32H47N5O4. The molecular weight excluding hydrogens is 518 g/mol. The van der Waals surface area contributed by atoms with Crippen LogP contribution in [0.3, 0.4) is 0 Å². The Kier molecular flexibility index (Phi) is 13.5. The molecule has 0 aliphatic carbocycles. The quantitative estimate of drug-likeness (QED) is 0.225. The van der Waals surface area contributed by atoms with Gasteiger partial charge in [-0.05, 0) is 35.3 Å². The van der Waals surface area contributed by atoms with Crippen LogP contribution in [0.1, 0.15) is 52.7 Å². The SMILES string of the molecule is CC(C)[C@H](N)C(=O)N[C@H](C(=O)N[C@H](C(=O)N[C@@H](Cc1ccccc1)C(=O)NCCc1ccccc1)C(C)C)C(C)C. The predicted octanol–water partition coefficient (Wildman–Crippen LogP) is 2.34. The minimum Gasteiger partial charge on any atom is -0.354 e. The van der Waals surface area contributed by atoms with Crippen molar-refractivity contribution in [1.82, 2.24) is 21.3 Å². The van der Waals surface area contributed by atoms with Gasteiger partial charge in [0.25, 0.3) is 0 Å². The standard InChI is InChI=1S/C32H47N5O4/c1-20(2)26(33)30(39)36-28(22(5)6)32(41)37-27(21(3)4)31(40)35-25(19-24-15-11-8-12-16-24)29(38)34-18-17-23-13-9-7-10-14-23/h7-16,20-22,25-28H,17-19,33H2,1-6H3,(H,34,38)(H,35,40)(H,36,39)(H,37,41)/t25-,26-,27-,28-/m0/s1. The summed E-state index contributed by atoms with van der Waals surface area (Å²) in [6.07, 6.45) is 0.951. The summed E-state index contributed by atoms with van der Waals surface area (Å²) in [6, 6.07) is 15.9. The average molecular weight is 566 g/mol. The van der Waals surface area contributed by atoms with E-state index in [1.807, 2.05) is 102 Å². The molecule has 9 heteroatoms. The van der Waals surface area contributed by atoms with Crippen molar-refractivity contribution < 1.29 is 19.2 Å². The van der Waals surface area contributed by atoms with Gasteiger partial charge in [-0.25, -0.2) is 0 Å². The summed E-state index contributed by atoms with van der Waals surface area (Å²) in [5, 5.41) is 11.4. The maximum Gasteiger partial charge on any atom is 0.243 e. The zero-order valence-corrected chi connectivity index (χ0v) is 25.1. The minimum absolute atomic E-state index is 0.0968. The molecule has 4 amide bonds. The summed E-state index contributed by atoms with van der Waals surface area (Å²) in [5.74, 6) is -2.29. The molecule has 0 aliphatic rings. The third-order valence-electron chi connectivity index (χ3n) is 6.99. The van der Waals surface area contributed by atoms with Crippen LogP contribution in [0.4, 0.5) is 0 Å². The zero-order chi connectivity index (χ0) is 30.5. The Morgan fingerprint density at radius 2 is 1.07 bits per heavy atom. The van der Waals surface area contributed by atoms with Gasteiger partial charge in [-0.1, -0.05) is 102 Å². The highest BCUT2D eigenvalue weighted by atomic mass is 16.2. The second-order valence-electron chi connectivity index (χ2n) is 11.5. The van der Waals surface area contributed by atoms with E-state index in [2.05, 4.69) is 21.3 Å². The highest BCUT2D eigenvalue weighted by Crippen LogP contribution is 2.10. The number of carbonyl (C=O) groups excluding carboxylic acids is 4. The summed E-state index contributed by atoms with van der Waals surface area (Å²) < 4.78 is 0. The largest absolute Gasteiger partial charge is 0.354 e. The molecule has 4 atom stereocenters. The normalized spacial score (nSPS) is 14.2. The molecule has 0 saturated heterocycles. The number of nitrogens with two attached hydrogens (primary N) is 1. The zero-order valence-electron chi connectivity index (χ0n) is 25.1. The van der Waals surface area contributed by atoms with Crippen LogP contribution < -0.4 is 27.0 Å². The smallest absolute Gasteiger partial charge is 0.243 e. The van der Waals surface area contributed by atoms with E-state index in [0.717, 1.165) is 11.1 Å². The molecule has 0 fully saturated rings. The van der Waals surface area contributed by atoms with Crippen LogP contribution in [0.2, 0.25) is 0 Å². The third kappa shape index (κ3) is 11.0. The topological polar surface area (TPSA) is 142 Å². The van der Waals surface area contributed by atoms with Crippen molar-refractivity contribution in [2.45, 2.75) is 78.6 Å². The van der Waals surface area contributed by atoms with Crippen molar-refractivity contribution in [1.29, 1.82) is 0 Å². The molecule has 0 bridgehead atoms. The lowest BCUT2D eigenvalue weighted by Gasteiger charge is -2.29. The monoisotopic (exact) mass is 565 g/mol. The van der Waals surface area contributed by atoms with Gasteiger partial charge in [-0.15, -0.1) is 0 Å². The van der Waals surface area contributed by atoms with Crippen LogP contribution in [0.25, 0.3) is 0 Å². The van der Waals surface area contributed by atoms with Crippen molar-refractivity contribution in [2.75, 3.05) is 6.54 Å². The van der Waals surface area contributed by atoms with Crippen molar-refractivity contribution in [2.24, 2.45) is 23.5 Å². The maximum absolute atomic E-state index is 13.5. The lowest BCUT2D eigenvalue weighted by atomic mass is 9.97. The summed E-state index contributed by atoms with van der Waals surface area (Å²) >= 11 is 0. The van der Waals surface area contributed by atoms with E-state index < -0.39 is 41.9 Å². The van der Waals surface area contributed by atoms with Gasteiger partial charge in [0.05, 0.1) is 6.04 Å². The fourth-order valence-electron chi connectivity index (χ4n) is 4.28. The number of benzene rings is 2. The van der Waals surface area contributed by atoms with Gasteiger partial charge >= 0.3 is 0 Å². The number of rotatable bonds is 15. The van der Waals surface area contributed by atoms with Gasteiger partial charge in [0.1, 0.15) is 18.1 Å². The van der Waals surface area contributed by atoms with Gasteiger partial charge in [-0.3, -0.25) is 19.2 Å². The van der Waals surface area contributed by atoms with Crippen LogP contribution in [-0.4, -0.2) is 54.3 Å². The van der Waals surface area contributed by atoms with Crippen LogP contribution in [0.5, 0.6) is 0 Å². The summed E-state index contributed by atoms with van der Waals surface area (Å²) in [4.78, 5) is 52.7. The van der Waals surface area contributed by atoms with Crippen LogP contribution in [0, 0.1) is 17.8 Å². The fourth-order valence-corrected chi connectivity index (χ4v) is 4.28. The molecule has 224 valence electrons. The molecule has 0 unspecified atom stereocenters. The first-order valence-corrected chi connectivity index (χ1v) is 14.4. The fraction of sp³-hybridized carbons (Fsp3) is 0.500. The first-order chi connectivity index (χ1) is 19.4. The highest BCUT2D eigenvalue weighted by Gasteiger charge is 2.33. The summed E-state index contributed by atoms with van der Waals surface area (Å²) in [6.45, 7) is 11.3. The molecule has 0 aromatic heterocycles. The number of amides is 4. The van der Waals surface area contributed by atoms with Crippen molar-refractivity contribution in [3.05, 3.63) is 71.8 Å². The second kappa shape index (κ2) is 16.5. The number of carbonyl (C=O) groups is 4. The average Bonchev–Trinajstić information content (AvgIpc) is 2.94. The van der Waals surface area contributed by atoms with E-state index >= 15 is 0 Å². The van der Waals surface area contributed by atoms with Crippen molar-refractivity contribution >= 4 is 23.6 Å². The molecule has 0 heterocycles. The van der Waals surface area contributed by atoms with E-state index in [1.54, 1.807) is 0 Å². The summed E-state index contributed by atoms with van der Waals surface area (Å²) in [5.41, 5.74) is 7.97. The van der Waals surface area contributed by atoms with Crippen molar-refractivity contribution in [3.8, 4) is 0 Å². The molecule has 2 rings (SSSR count). The maximum atomic E-state index is 13.5. The van der Waals surface area contributed by atoms with E-state index in [9.17, 15) is 19.2 Å². The number of hydrogen-bond donors (Lipinski definition) is 5. The predicted molar refractivity (Wildman–Crippen MR) is 162 cm³/mol. The Hall–Kier alpha value is -3.72. The van der Waals surface area contributed by atoms with Crippen LogP contribution in [0.15, 0.2) is 60.7 Å².